The highest BCUT2D eigenvalue weighted by atomic mass is 19.1. The highest BCUT2D eigenvalue weighted by Crippen LogP contribution is 2.27. The maximum absolute atomic E-state index is 13.0. The van der Waals surface area contributed by atoms with Gasteiger partial charge in [-0.25, -0.2) is 4.39 Å². The van der Waals surface area contributed by atoms with Crippen LogP contribution in [0.1, 0.15) is 33.4 Å². The molecule has 0 radical (unpaired) electrons. The molecule has 0 bridgehead atoms. The summed E-state index contributed by atoms with van der Waals surface area (Å²) in [5, 5.41) is 19.8. The van der Waals surface area contributed by atoms with Gasteiger partial charge in [0.25, 0.3) is 0 Å². The van der Waals surface area contributed by atoms with E-state index in [1.165, 1.54) is 17.7 Å². The van der Waals surface area contributed by atoms with Crippen molar-refractivity contribution < 1.29 is 14.6 Å². The summed E-state index contributed by atoms with van der Waals surface area (Å²) in [7, 11) is 0. The molecule has 3 rings (SSSR count). The standard InChI is InChI=1S/C22H21FO2/c1-14-9-20(24)10-15(2)21(14)13-17-5-8-22(25)18(12-17)11-16-3-6-19(23)7-4-16/h3-10,12,24-25H,11,13H2,1-2H3. The lowest BCUT2D eigenvalue weighted by Gasteiger charge is -2.13. The third kappa shape index (κ3) is 4.00. The van der Waals surface area contributed by atoms with Crippen LogP contribution in [0.15, 0.2) is 54.6 Å². The Morgan fingerprint density at radius 3 is 2.00 bits per heavy atom. The van der Waals surface area contributed by atoms with E-state index in [0.29, 0.717) is 6.42 Å². The van der Waals surface area contributed by atoms with Crippen molar-refractivity contribution in [3.05, 3.63) is 93.8 Å². The van der Waals surface area contributed by atoms with Gasteiger partial charge in [-0.05, 0) is 84.0 Å². The summed E-state index contributed by atoms with van der Waals surface area (Å²) in [5.41, 5.74) is 6.13. The average Bonchev–Trinajstić information content (AvgIpc) is 2.56. The lowest BCUT2D eigenvalue weighted by molar-refractivity contribution is 0.469. The van der Waals surface area contributed by atoms with Crippen molar-refractivity contribution in [2.24, 2.45) is 0 Å². The molecule has 2 nitrogen and oxygen atoms in total. The van der Waals surface area contributed by atoms with Crippen molar-refractivity contribution in [1.29, 1.82) is 0 Å². The van der Waals surface area contributed by atoms with Crippen LogP contribution in [-0.4, -0.2) is 10.2 Å². The molecule has 0 spiro atoms. The predicted octanol–water partition coefficient (Wildman–Crippen LogP) is 5.04. The smallest absolute Gasteiger partial charge is 0.123 e. The molecule has 0 aliphatic heterocycles. The van der Waals surface area contributed by atoms with Gasteiger partial charge in [0.2, 0.25) is 0 Å². The Bertz CT molecular complexity index is 875. The van der Waals surface area contributed by atoms with Crippen LogP contribution in [0.25, 0.3) is 0 Å². The lowest BCUT2D eigenvalue weighted by Crippen LogP contribution is -1.97. The van der Waals surface area contributed by atoms with Crippen LogP contribution in [0.3, 0.4) is 0 Å². The minimum absolute atomic E-state index is 0.243. The van der Waals surface area contributed by atoms with Gasteiger partial charge in [-0.15, -0.1) is 0 Å². The monoisotopic (exact) mass is 336 g/mol. The first-order valence-electron chi connectivity index (χ1n) is 8.26. The Hall–Kier alpha value is -2.81. The molecule has 25 heavy (non-hydrogen) atoms. The number of aryl methyl sites for hydroxylation is 2. The topological polar surface area (TPSA) is 40.5 Å². The van der Waals surface area contributed by atoms with Crippen molar-refractivity contribution in [1.82, 2.24) is 0 Å². The Labute approximate surface area is 147 Å². The van der Waals surface area contributed by atoms with E-state index in [-0.39, 0.29) is 17.3 Å². The van der Waals surface area contributed by atoms with Gasteiger partial charge in [0.15, 0.2) is 0 Å². The zero-order chi connectivity index (χ0) is 18.0. The van der Waals surface area contributed by atoms with Gasteiger partial charge in [-0.2, -0.15) is 0 Å². The van der Waals surface area contributed by atoms with Crippen LogP contribution < -0.4 is 0 Å². The minimum atomic E-state index is -0.264. The summed E-state index contributed by atoms with van der Waals surface area (Å²) in [4.78, 5) is 0. The molecule has 3 aromatic carbocycles. The van der Waals surface area contributed by atoms with Crippen LogP contribution in [0.5, 0.6) is 11.5 Å². The van der Waals surface area contributed by atoms with E-state index in [4.69, 9.17) is 0 Å². The van der Waals surface area contributed by atoms with E-state index in [2.05, 4.69) is 0 Å². The second-order valence-corrected chi connectivity index (χ2v) is 6.50. The number of halogens is 1. The summed E-state index contributed by atoms with van der Waals surface area (Å²) in [6.07, 6.45) is 1.28. The van der Waals surface area contributed by atoms with Crippen molar-refractivity contribution in [2.45, 2.75) is 26.7 Å². The number of rotatable bonds is 4. The highest BCUT2D eigenvalue weighted by molar-refractivity contribution is 5.45. The zero-order valence-corrected chi connectivity index (χ0v) is 14.4. The van der Waals surface area contributed by atoms with Crippen molar-refractivity contribution in [3.63, 3.8) is 0 Å². The Morgan fingerprint density at radius 1 is 0.760 bits per heavy atom. The fourth-order valence-corrected chi connectivity index (χ4v) is 3.17. The van der Waals surface area contributed by atoms with E-state index in [1.807, 2.05) is 26.0 Å². The van der Waals surface area contributed by atoms with Gasteiger partial charge in [-0.1, -0.05) is 24.3 Å². The molecule has 3 heteroatoms. The molecule has 0 fully saturated rings. The van der Waals surface area contributed by atoms with Crippen LogP contribution in [0.2, 0.25) is 0 Å². The first-order chi connectivity index (χ1) is 11.9. The van der Waals surface area contributed by atoms with Crippen LogP contribution in [-0.2, 0) is 12.8 Å². The molecule has 0 aromatic heterocycles. The number of benzene rings is 3. The zero-order valence-electron chi connectivity index (χ0n) is 14.4. The van der Waals surface area contributed by atoms with Crippen LogP contribution in [0, 0.1) is 19.7 Å². The summed E-state index contributed by atoms with van der Waals surface area (Å²) in [6, 6.07) is 15.5. The van der Waals surface area contributed by atoms with E-state index in [0.717, 1.165) is 34.2 Å². The quantitative estimate of drug-likeness (QED) is 0.701. The van der Waals surface area contributed by atoms with Gasteiger partial charge in [0.05, 0.1) is 0 Å². The third-order valence-corrected chi connectivity index (χ3v) is 4.51. The molecule has 0 amide bonds. The molecule has 128 valence electrons. The van der Waals surface area contributed by atoms with Gasteiger partial charge in [-0.3, -0.25) is 0 Å². The summed E-state index contributed by atoms with van der Waals surface area (Å²) in [5.74, 6) is 0.258. The van der Waals surface area contributed by atoms with E-state index >= 15 is 0 Å². The largest absolute Gasteiger partial charge is 0.508 e. The van der Waals surface area contributed by atoms with E-state index in [9.17, 15) is 14.6 Å². The molecular formula is C22H21FO2. The maximum Gasteiger partial charge on any atom is 0.123 e. The number of aromatic hydroxyl groups is 2. The number of hydrogen-bond acceptors (Lipinski definition) is 2. The van der Waals surface area contributed by atoms with Crippen LogP contribution in [0.4, 0.5) is 4.39 Å². The van der Waals surface area contributed by atoms with Crippen molar-refractivity contribution in [2.75, 3.05) is 0 Å². The Balaban J connectivity index is 1.88. The van der Waals surface area contributed by atoms with Gasteiger partial charge in [0, 0.05) is 6.42 Å². The van der Waals surface area contributed by atoms with Crippen molar-refractivity contribution >= 4 is 0 Å². The summed E-state index contributed by atoms with van der Waals surface area (Å²) >= 11 is 0. The highest BCUT2D eigenvalue weighted by Gasteiger charge is 2.09. The molecule has 0 atom stereocenters. The van der Waals surface area contributed by atoms with Crippen molar-refractivity contribution in [3.8, 4) is 11.5 Å². The SMILES string of the molecule is Cc1cc(O)cc(C)c1Cc1ccc(O)c(Cc2ccc(F)cc2)c1. The minimum Gasteiger partial charge on any atom is -0.508 e. The first-order valence-corrected chi connectivity index (χ1v) is 8.26. The third-order valence-electron chi connectivity index (χ3n) is 4.51. The summed E-state index contributed by atoms with van der Waals surface area (Å²) in [6.45, 7) is 3.98. The molecule has 0 unspecified atom stereocenters. The molecule has 0 saturated carbocycles. The molecule has 0 saturated heterocycles. The first kappa shape index (κ1) is 17.0. The second kappa shape index (κ2) is 6.98. The van der Waals surface area contributed by atoms with Crippen LogP contribution >= 0.6 is 0 Å². The number of phenols is 2. The number of hydrogen-bond donors (Lipinski definition) is 2. The van der Waals surface area contributed by atoms with E-state index in [1.54, 1.807) is 30.3 Å². The van der Waals surface area contributed by atoms with Gasteiger partial charge in [0.1, 0.15) is 17.3 Å². The second-order valence-electron chi connectivity index (χ2n) is 6.50. The molecule has 2 N–H and O–H groups in total. The van der Waals surface area contributed by atoms with E-state index < -0.39 is 0 Å². The molecule has 0 aliphatic rings. The molecule has 0 aliphatic carbocycles. The average molecular weight is 336 g/mol. The normalized spacial score (nSPS) is 10.8. The summed E-state index contributed by atoms with van der Waals surface area (Å²) < 4.78 is 13.0. The maximum atomic E-state index is 13.0. The predicted molar refractivity (Wildman–Crippen MR) is 97.7 cm³/mol. The Morgan fingerprint density at radius 2 is 1.36 bits per heavy atom. The molecular weight excluding hydrogens is 315 g/mol. The van der Waals surface area contributed by atoms with Gasteiger partial charge < -0.3 is 10.2 Å². The number of phenolic OH excluding ortho intramolecular Hbond substituents is 2. The fourth-order valence-electron chi connectivity index (χ4n) is 3.17. The molecule has 3 aromatic rings. The Kier molecular flexibility index (Phi) is 4.75. The molecule has 0 heterocycles. The fraction of sp³-hybridized carbons (Fsp3) is 0.182. The van der Waals surface area contributed by atoms with Gasteiger partial charge >= 0.3 is 0 Å². The lowest BCUT2D eigenvalue weighted by atomic mass is 9.93.